The van der Waals surface area contributed by atoms with Gasteiger partial charge in [0.15, 0.2) is 0 Å². The van der Waals surface area contributed by atoms with Crippen molar-refractivity contribution >= 4 is 23.9 Å². The average molecular weight is 352 g/mol. The summed E-state index contributed by atoms with van der Waals surface area (Å²) in [5, 5.41) is 19.9. The van der Waals surface area contributed by atoms with Crippen molar-refractivity contribution in [1.82, 2.24) is 0 Å². The summed E-state index contributed by atoms with van der Waals surface area (Å²) >= 11 is 0. The molecule has 0 saturated heterocycles. The standard InChI is InChI=1S/2C6H8O4.Zn/c2*1-3-5(7)10-4(2)6(8)9;/h2*3-4H,1H2,2H3,(H,8,9);/q;;+2/p-2. The monoisotopic (exact) mass is 350 g/mol. The van der Waals surface area contributed by atoms with Crippen molar-refractivity contribution in [2.24, 2.45) is 0 Å². The minimum atomic E-state index is -1.42. The predicted octanol–water partition coefficient (Wildman–Crippen LogP) is -2.29. The molecule has 0 spiro atoms. The fraction of sp³-hybridized carbons (Fsp3) is 0.333. The Kier molecular flexibility index (Phi) is 14.9. The molecule has 0 bridgehead atoms. The van der Waals surface area contributed by atoms with Gasteiger partial charge in [-0.05, 0) is 13.8 Å². The van der Waals surface area contributed by atoms with Gasteiger partial charge in [-0.2, -0.15) is 0 Å². The molecule has 0 rings (SSSR count). The number of rotatable bonds is 6. The van der Waals surface area contributed by atoms with Crippen molar-refractivity contribution < 1.29 is 58.3 Å². The molecule has 0 aromatic heterocycles. The van der Waals surface area contributed by atoms with E-state index in [0.717, 1.165) is 12.2 Å². The number of aliphatic carboxylic acids is 2. The summed E-state index contributed by atoms with van der Waals surface area (Å²) in [7, 11) is 0. The van der Waals surface area contributed by atoms with Crippen LogP contribution in [0, 0.1) is 0 Å². The van der Waals surface area contributed by atoms with Gasteiger partial charge in [0.2, 0.25) is 0 Å². The smallest absolute Gasteiger partial charge is 0.546 e. The van der Waals surface area contributed by atoms with Gasteiger partial charge >= 0.3 is 31.4 Å². The Labute approximate surface area is 134 Å². The van der Waals surface area contributed by atoms with Crippen LogP contribution in [0.2, 0.25) is 0 Å². The third-order valence-corrected chi connectivity index (χ3v) is 1.58. The molecule has 0 heterocycles. The maximum Gasteiger partial charge on any atom is 2.00 e. The third-order valence-electron chi connectivity index (χ3n) is 1.58. The summed E-state index contributed by atoms with van der Waals surface area (Å²) in [6, 6.07) is 0. The van der Waals surface area contributed by atoms with E-state index in [4.69, 9.17) is 0 Å². The van der Waals surface area contributed by atoms with Crippen molar-refractivity contribution in [3.8, 4) is 0 Å². The molecular formula is C12H14O8Zn. The molecule has 0 aliphatic rings. The molecule has 0 aromatic carbocycles. The molecule has 0 fully saturated rings. The molecule has 0 amide bonds. The van der Waals surface area contributed by atoms with E-state index in [2.05, 4.69) is 22.6 Å². The van der Waals surface area contributed by atoms with Crippen molar-refractivity contribution in [2.75, 3.05) is 0 Å². The molecule has 0 aromatic rings. The van der Waals surface area contributed by atoms with E-state index in [9.17, 15) is 29.4 Å². The zero-order valence-corrected chi connectivity index (χ0v) is 14.7. The first-order valence-electron chi connectivity index (χ1n) is 5.23. The Hall–Kier alpha value is -2.02. The van der Waals surface area contributed by atoms with Crippen LogP contribution in [0.3, 0.4) is 0 Å². The predicted molar refractivity (Wildman–Crippen MR) is 61.5 cm³/mol. The topological polar surface area (TPSA) is 133 Å². The second-order valence-corrected chi connectivity index (χ2v) is 3.20. The van der Waals surface area contributed by atoms with Gasteiger partial charge in [0.25, 0.3) is 0 Å². The quantitative estimate of drug-likeness (QED) is 0.296. The number of hydrogen-bond donors (Lipinski definition) is 0. The van der Waals surface area contributed by atoms with Crippen molar-refractivity contribution in [2.45, 2.75) is 26.1 Å². The number of carboxylic acids is 2. The van der Waals surface area contributed by atoms with Gasteiger partial charge in [-0.15, -0.1) is 0 Å². The van der Waals surface area contributed by atoms with Crippen LogP contribution in [0.4, 0.5) is 0 Å². The average Bonchev–Trinajstić information content (AvgIpc) is 2.38. The molecule has 0 N–H and O–H groups in total. The van der Waals surface area contributed by atoms with Gasteiger partial charge in [0.05, 0.1) is 11.9 Å². The number of hydrogen-bond acceptors (Lipinski definition) is 8. The Morgan fingerprint density at radius 3 is 1.24 bits per heavy atom. The largest absolute Gasteiger partial charge is 2.00 e. The van der Waals surface area contributed by atoms with Gasteiger partial charge in [0.1, 0.15) is 12.2 Å². The first-order valence-corrected chi connectivity index (χ1v) is 5.23. The molecule has 2 atom stereocenters. The zero-order valence-electron chi connectivity index (χ0n) is 11.7. The van der Waals surface area contributed by atoms with E-state index in [-0.39, 0.29) is 19.5 Å². The molecule has 0 saturated carbocycles. The molecule has 0 aliphatic carbocycles. The Morgan fingerprint density at radius 2 is 1.10 bits per heavy atom. The van der Waals surface area contributed by atoms with Gasteiger partial charge in [-0.1, -0.05) is 13.2 Å². The van der Waals surface area contributed by atoms with Crippen LogP contribution >= 0.6 is 0 Å². The second kappa shape index (κ2) is 13.0. The van der Waals surface area contributed by atoms with Gasteiger partial charge in [-0.25, -0.2) is 9.59 Å². The Bertz CT molecular complexity index is 366. The maximum atomic E-state index is 10.3. The summed E-state index contributed by atoms with van der Waals surface area (Å²) in [6.45, 7) is 8.58. The first kappa shape index (κ1) is 24.0. The number of carbonyl (C=O) groups excluding carboxylic acids is 4. The minimum Gasteiger partial charge on any atom is -0.546 e. The molecule has 8 nitrogen and oxygen atoms in total. The van der Waals surface area contributed by atoms with Crippen LogP contribution in [0.1, 0.15) is 13.8 Å². The van der Waals surface area contributed by atoms with Crippen LogP contribution < -0.4 is 10.2 Å². The number of esters is 2. The number of ether oxygens (including phenoxy) is 2. The summed E-state index contributed by atoms with van der Waals surface area (Å²) in [6.07, 6.45) is -0.658. The van der Waals surface area contributed by atoms with Crippen LogP contribution in [-0.2, 0) is 48.1 Å². The molecule has 112 valence electrons. The SMILES string of the molecule is C=CC(=O)OC(C)C(=O)[O-].C=CC(=O)OC(C)C(=O)[O-].[Zn+2]. The van der Waals surface area contributed by atoms with E-state index in [1.807, 2.05) is 0 Å². The molecule has 0 aliphatic heterocycles. The molecule has 9 heteroatoms. The fourth-order valence-electron chi connectivity index (χ4n) is 0.541. The third kappa shape index (κ3) is 14.2. The van der Waals surface area contributed by atoms with E-state index >= 15 is 0 Å². The fourth-order valence-corrected chi connectivity index (χ4v) is 0.541. The number of carbonyl (C=O) groups is 4. The van der Waals surface area contributed by atoms with Crippen molar-refractivity contribution in [3.05, 3.63) is 25.3 Å². The van der Waals surface area contributed by atoms with Gasteiger partial charge in [-0.3, -0.25) is 0 Å². The Balaban J connectivity index is -0.000000295. The van der Waals surface area contributed by atoms with Crippen LogP contribution in [-0.4, -0.2) is 36.1 Å². The van der Waals surface area contributed by atoms with Crippen LogP contribution in [0.15, 0.2) is 25.3 Å². The van der Waals surface area contributed by atoms with E-state index in [1.165, 1.54) is 13.8 Å². The molecular weight excluding hydrogens is 338 g/mol. The molecule has 2 unspecified atom stereocenters. The minimum absolute atomic E-state index is 0. The van der Waals surface area contributed by atoms with Crippen LogP contribution in [0.25, 0.3) is 0 Å². The normalized spacial score (nSPS) is 11.1. The molecule has 21 heavy (non-hydrogen) atoms. The zero-order chi connectivity index (χ0) is 16.3. The van der Waals surface area contributed by atoms with Crippen molar-refractivity contribution in [1.29, 1.82) is 0 Å². The van der Waals surface area contributed by atoms with Gasteiger partial charge in [0, 0.05) is 12.2 Å². The Morgan fingerprint density at radius 1 is 0.857 bits per heavy atom. The van der Waals surface area contributed by atoms with Crippen molar-refractivity contribution in [3.63, 3.8) is 0 Å². The summed E-state index contributed by atoms with van der Waals surface area (Å²) in [5.41, 5.74) is 0. The summed E-state index contributed by atoms with van der Waals surface area (Å²) < 4.78 is 8.48. The maximum absolute atomic E-state index is 10.3. The van der Waals surface area contributed by atoms with Gasteiger partial charge < -0.3 is 29.3 Å². The van der Waals surface area contributed by atoms with Crippen LogP contribution in [0.5, 0.6) is 0 Å². The summed E-state index contributed by atoms with van der Waals surface area (Å²) in [5.74, 6) is -4.38. The van der Waals surface area contributed by atoms with E-state index in [1.54, 1.807) is 0 Å². The first-order chi connectivity index (χ1) is 9.15. The molecule has 0 radical (unpaired) electrons. The summed E-state index contributed by atoms with van der Waals surface area (Å²) in [4.78, 5) is 40.4. The van der Waals surface area contributed by atoms with E-state index in [0.29, 0.717) is 0 Å². The second-order valence-electron chi connectivity index (χ2n) is 3.20. The van der Waals surface area contributed by atoms with E-state index < -0.39 is 36.1 Å². The number of carboxylic acid groups (broad SMARTS) is 2.